The summed E-state index contributed by atoms with van der Waals surface area (Å²) in [5, 5.41) is 0. The highest BCUT2D eigenvalue weighted by molar-refractivity contribution is 5.84. The van der Waals surface area contributed by atoms with Crippen molar-refractivity contribution in [1.29, 1.82) is 0 Å². The molecule has 0 aromatic carbocycles. The first-order valence-corrected chi connectivity index (χ1v) is 13.0. The Labute approximate surface area is 217 Å². The number of rotatable bonds is 1. The molecule has 3 aliphatic heterocycles. The highest BCUT2D eigenvalue weighted by Gasteiger charge is 2.83. The van der Waals surface area contributed by atoms with Gasteiger partial charge in [-0.15, -0.1) is 0 Å². The minimum Gasteiger partial charge on any atom is -0.463 e. The summed E-state index contributed by atoms with van der Waals surface area (Å²) < 4.78 is 35.6. The molecule has 8 atom stereocenters. The van der Waals surface area contributed by atoms with Crippen LogP contribution in [0.25, 0.3) is 0 Å². The molecule has 2 bridgehead atoms. The molecule has 9 heteroatoms. The average molecular weight is 517 g/mol. The van der Waals surface area contributed by atoms with Crippen LogP contribution in [0, 0.1) is 16.7 Å². The van der Waals surface area contributed by atoms with Gasteiger partial charge < -0.3 is 28.4 Å². The quantitative estimate of drug-likeness (QED) is 0.225. The van der Waals surface area contributed by atoms with Crippen LogP contribution in [-0.2, 0) is 42.8 Å². The second-order valence-electron chi connectivity index (χ2n) is 11.2. The molecule has 0 N–H and O–H groups in total. The zero-order valence-electron chi connectivity index (χ0n) is 21.9. The monoisotopic (exact) mass is 516 g/mol. The Morgan fingerprint density at radius 2 is 1.76 bits per heavy atom. The largest absolute Gasteiger partial charge is 0.463 e. The number of ether oxygens (including phenoxy) is 6. The van der Waals surface area contributed by atoms with Crippen molar-refractivity contribution < 1.29 is 42.8 Å². The highest BCUT2D eigenvalue weighted by Crippen LogP contribution is 2.72. The minimum atomic E-state index is -0.819. The normalized spacial score (nSPS) is 45.9. The number of carbonyl (C=O) groups is 3. The molecule has 0 aromatic heterocycles. The third-order valence-corrected chi connectivity index (χ3v) is 9.34. The number of epoxide rings is 1. The smallest absolute Gasteiger partial charge is 0.335 e. The Kier molecular flexibility index (Phi) is 6.83. The highest BCUT2D eigenvalue weighted by atomic mass is 16.6. The van der Waals surface area contributed by atoms with E-state index >= 15 is 0 Å². The fourth-order valence-electron chi connectivity index (χ4n) is 6.97. The molecular weight excluding hydrogens is 480 g/mol. The fourth-order valence-corrected chi connectivity index (χ4v) is 6.97. The van der Waals surface area contributed by atoms with Gasteiger partial charge in [0, 0.05) is 31.1 Å². The lowest BCUT2D eigenvalue weighted by Gasteiger charge is -2.58. The molecule has 1 saturated carbocycles. The van der Waals surface area contributed by atoms with Gasteiger partial charge in [0.2, 0.25) is 0 Å². The van der Waals surface area contributed by atoms with E-state index in [1.165, 1.54) is 37.0 Å². The van der Waals surface area contributed by atoms with Crippen LogP contribution in [0.2, 0.25) is 0 Å². The predicted molar refractivity (Wildman–Crippen MR) is 130 cm³/mol. The Hall–Kier alpha value is -2.49. The second-order valence-corrected chi connectivity index (χ2v) is 11.2. The van der Waals surface area contributed by atoms with Crippen LogP contribution < -0.4 is 0 Å². The van der Waals surface area contributed by atoms with Crippen LogP contribution in [0.5, 0.6) is 0 Å². The van der Waals surface area contributed by atoms with Crippen molar-refractivity contribution in [2.75, 3.05) is 26.9 Å². The standard InChI is InChI=1S/C28H36O9/c1-17-9-11-27-15-34-25(31)24(32-4)18(2)10-12-33-22(29)7-5-6-8-23(30)37-19-14-21(36-20(27)13-17)28(16-35-28)26(19,27)3/h5-8,13,18-21,24H,9-12,14-16H2,1-4H3/b7-5+,8-6-/t18-,19-,20-,21-,24+,26-,27-,28+/m1/s1. The summed E-state index contributed by atoms with van der Waals surface area (Å²) >= 11 is 0. The van der Waals surface area contributed by atoms with E-state index < -0.39 is 46.5 Å². The Balaban J connectivity index is 1.53. The molecule has 0 unspecified atom stereocenters. The van der Waals surface area contributed by atoms with E-state index in [1.807, 2.05) is 6.92 Å². The van der Waals surface area contributed by atoms with Crippen molar-refractivity contribution in [3.63, 3.8) is 0 Å². The van der Waals surface area contributed by atoms with E-state index in [-0.39, 0.29) is 31.3 Å². The number of allylic oxidation sites excluding steroid dienone is 3. The maximum atomic E-state index is 13.3. The SMILES string of the molecule is CO[C@@H]1C(=O)OC[C@]23CCC(C)=C[C@H]2O[C@@H]2C[C@@H](OC(=O)/C=C\C=C\C(=O)OCC[C@H]1C)[C@@]3(C)[C@]21CO1. The van der Waals surface area contributed by atoms with Gasteiger partial charge in [0.25, 0.3) is 0 Å². The van der Waals surface area contributed by atoms with Gasteiger partial charge >= 0.3 is 17.9 Å². The lowest BCUT2D eigenvalue weighted by atomic mass is 9.51. The molecule has 9 nitrogen and oxygen atoms in total. The van der Waals surface area contributed by atoms with E-state index in [0.717, 1.165) is 6.42 Å². The first-order valence-electron chi connectivity index (χ1n) is 13.0. The van der Waals surface area contributed by atoms with Crippen LogP contribution in [0.1, 0.15) is 46.5 Å². The van der Waals surface area contributed by atoms with Crippen molar-refractivity contribution in [3.05, 3.63) is 36.0 Å². The summed E-state index contributed by atoms with van der Waals surface area (Å²) in [7, 11) is 1.47. The summed E-state index contributed by atoms with van der Waals surface area (Å²) in [5.41, 5.74) is -0.670. The van der Waals surface area contributed by atoms with Crippen LogP contribution in [0.3, 0.4) is 0 Å². The average Bonchev–Trinajstić information content (AvgIpc) is 3.64. The van der Waals surface area contributed by atoms with E-state index in [9.17, 15) is 14.4 Å². The van der Waals surface area contributed by atoms with Crippen molar-refractivity contribution in [1.82, 2.24) is 0 Å². The molecule has 37 heavy (non-hydrogen) atoms. The first kappa shape index (κ1) is 26.1. The predicted octanol–water partition coefficient (Wildman–Crippen LogP) is 2.82. The fraction of sp³-hybridized carbons (Fsp3) is 0.679. The number of hydrogen-bond donors (Lipinski definition) is 0. The van der Waals surface area contributed by atoms with Crippen molar-refractivity contribution in [3.8, 4) is 0 Å². The maximum absolute atomic E-state index is 13.3. The van der Waals surface area contributed by atoms with Gasteiger partial charge in [-0.05, 0) is 32.1 Å². The molecule has 202 valence electrons. The third kappa shape index (κ3) is 4.15. The Bertz CT molecular complexity index is 1040. The number of esters is 3. The molecule has 2 saturated heterocycles. The van der Waals surface area contributed by atoms with Gasteiger partial charge in [-0.1, -0.05) is 37.6 Å². The lowest BCUT2D eigenvalue weighted by molar-refractivity contribution is -0.235. The Morgan fingerprint density at radius 1 is 1.03 bits per heavy atom. The van der Waals surface area contributed by atoms with Gasteiger partial charge in [-0.2, -0.15) is 0 Å². The van der Waals surface area contributed by atoms with Gasteiger partial charge in [0.1, 0.15) is 18.3 Å². The maximum Gasteiger partial charge on any atom is 0.335 e. The lowest BCUT2D eigenvalue weighted by Crippen LogP contribution is -2.67. The van der Waals surface area contributed by atoms with E-state index in [2.05, 4.69) is 19.9 Å². The second kappa shape index (κ2) is 9.67. The van der Waals surface area contributed by atoms with Gasteiger partial charge in [-0.25, -0.2) is 14.4 Å². The van der Waals surface area contributed by atoms with Crippen molar-refractivity contribution in [2.45, 2.75) is 76.5 Å². The molecule has 3 fully saturated rings. The zero-order valence-corrected chi connectivity index (χ0v) is 21.9. The molecule has 2 aliphatic carbocycles. The first-order chi connectivity index (χ1) is 17.7. The molecule has 5 rings (SSSR count). The van der Waals surface area contributed by atoms with Crippen LogP contribution >= 0.6 is 0 Å². The zero-order chi connectivity index (χ0) is 26.4. The topological polar surface area (TPSA) is 110 Å². The van der Waals surface area contributed by atoms with Crippen molar-refractivity contribution in [2.24, 2.45) is 16.7 Å². The Morgan fingerprint density at radius 3 is 2.46 bits per heavy atom. The molecule has 0 radical (unpaired) electrons. The third-order valence-electron chi connectivity index (χ3n) is 9.34. The molecule has 2 spiro atoms. The van der Waals surface area contributed by atoms with Crippen LogP contribution in [-0.4, -0.2) is 74.9 Å². The number of hydrogen-bond acceptors (Lipinski definition) is 9. The van der Waals surface area contributed by atoms with Gasteiger partial charge in [-0.3, -0.25) is 0 Å². The summed E-state index contributed by atoms with van der Waals surface area (Å²) in [6.45, 7) is 6.76. The van der Waals surface area contributed by atoms with E-state index in [0.29, 0.717) is 25.9 Å². The number of cyclic esters (lactones) is 2. The summed E-state index contributed by atoms with van der Waals surface area (Å²) in [6, 6.07) is 0. The molecule has 0 amide bonds. The summed E-state index contributed by atoms with van der Waals surface area (Å²) in [5.74, 6) is -1.78. The number of carbonyl (C=O) groups excluding carboxylic acids is 3. The number of methoxy groups -OCH3 is 1. The van der Waals surface area contributed by atoms with Gasteiger partial charge in [0.05, 0.1) is 30.8 Å². The van der Waals surface area contributed by atoms with Crippen LogP contribution in [0.4, 0.5) is 0 Å². The summed E-state index contributed by atoms with van der Waals surface area (Å²) in [6.07, 6.45) is 8.15. The van der Waals surface area contributed by atoms with Crippen LogP contribution in [0.15, 0.2) is 36.0 Å². The molecule has 3 heterocycles. The van der Waals surface area contributed by atoms with Gasteiger partial charge in [0.15, 0.2) is 6.10 Å². The van der Waals surface area contributed by atoms with E-state index in [1.54, 1.807) is 0 Å². The molecule has 0 aromatic rings. The molecular formula is C28H36O9. The summed E-state index contributed by atoms with van der Waals surface area (Å²) in [4.78, 5) is 38.1. The minimum absolute atomic E-state index is 0.0861. The molecule has 5 aliphatic rings. The van der Waals surface area contributed by atoms with E-state index in [4.69, 9.17) is 28.4 Å². The van der Waals surface area contributed by atoms with Crippen molar-refractivity contribution >= 4 is 17.9 Å².